The zero-order chi connectivity index (χ0) is 52.6. The lowest BCUT2D eigenvalue weighted by Gasteiger charge is -2.61. The molecular formula is C50H82O23. The quantitative estimate of drug-likeness (QED) is 0.0711. The second-order valence-corrected chi connectivity index (χ2v) is 23.4. The molecule has 0 radical (unpaired) electrons. The maximum atomic E-state index is 11.9. The first kappa shape index (κ1) is 56.4. The van der Waals surface area contributed by atoms with Crippen LogP contribution in [0.3, 0.4) is 0 Å². The highest BCUT2D eigenvalue weighted by Gasteiger charge is 2.66. The van der Waals surface area contributed by atoms with Crippen molar-refractivity contribution in [1.82, 2.24) is 0 Å². The van der Waals surface area contributed by atoms with Crippen molar-refractivity contribution in [3.63, 3.8) is 0 Å². The number of hydrogen-bond donors (Lipinski definition) is 14. The third kappa shape index (κ3) is 10.3. The van der Waals surface area contributed by atoms with Crippen molar-refractivity contribution < 1.29 is 114 Å². The van der Waals surface area contributed by atoms with Crippen molar-refractivity contribution in [3.05, 3.63) is 11.3 Å². The molecule has 23 heteroatoms. The van der Waals surface area contributed by atoms with Crippen LogP contribution >= 0.6 is 0 Å². The lowest BCUT2D eigenvalue weighted by molar-refractivity contribution is -0.379. The molecular weight excluding hydrogens is 969 g/mol. The molecule has 73 heavy (non-hydrogen) atoms. The highest BCUT2D eigenvalue weighted by Crippen LogP contribution is 2.70. The van der Waals surface area contributed by atoms with Gasteiger partial charge in [0.15, 0.2) is 25.2 Å². The first-order chi connectivity index (χ1) is 34.6. The summed E-state index contributed by atoms with van der Waals surface area (Å²) in [6.07, 6.45) is -23.9. The Hall–Kier alpha value is -1.34. The van der Waals surface area contributed by atoms with Gasteiger partial charge in [0, 0.05) is 12.3 Å². The summed E-state index contributed by atoms with van der Waals surface area (Å²) in [6, 6.07) is 0. The molecule has 4 saturated heterocycles. The van der Waals surface area contributed by atoms with Crippen molar-refractivity contribution in [3.8, 4) is 0 Å². The molecule has 4 saturated carbocycles. The highest BCUT2D eigenvalue weighted by atomic mass is 16.8. The molecule has 0 spiro atoms. The van der Waals surface area contributed by atoms with Gasteiger partial charge in [0.05, 0.1) is 51.0 Å². The zero-order valence-electron chi connectivity index (χ0n) is 42.0. The SMILES string of the molecule is CC1=C(CCC(C)COC2OC(CO)C(O)C(O)C2O)OC2CC3C4CCC5CC(OC6OC(CO)C(OC7OC(CO)C(O)C(OC8OCC(O)C(O)C8O)C7O)C(O)C6O)C(O)CC5(C)C4CCC3(C)C12. The second kappa shape index (κ2) is 22.4. The van der Waals surface area contributed by atoms with E-state index in [1.165, 1.54) is 5.57 Å². The molecule has 30 atom stereocenters. The van der Waals surface area contributed by atoms with E-state index >= 15 is 0 Å². The third-order valence-corrected chi connectivity index (χ3v) is 19.1. The van der Waals surface area contributed by atoms with Crippen LogP contribution < -0.4 is 0 Å². The average molecular weight is 1050 g/mol. The monoisotopic (exact) mass is 1050 g/mol. The molecule has 0 aromatic heterocycles. The van der Waals surface area contributed by atoms with E-state index in [0.717, 1.165) is 50.7 Å². The molecule has 9 rings (SSSR count). The fourth-order valence-electron chi connectivity index (χ4n) is 15.0. The topological polar surface area (TPSA) is 366 Å². The number of hydrogen-bond acceptors (Lipinski definition) is 23. The molecule has 0 aromatic carbocycles. The van der Waals surface area contributed by atoms with E-state index in [2.05, 4.69) is 20.8 Å². The predicted octanol–water partition coefficient (Wildman–Crippen LogP) is -3.40. The Balaban J connectivity index is 0.785. The molecule has 0 bridgehead atoms. The van der Waals surface area contributed by atoms with Gasteiger partial charge in [-0.25, -0.2) is 0 Å². The van der Waals surface area contributed by atoms with Gasteiger partial charge in [-0.05, 0) is 104 Å². The minimum Gasteiger partial charge on any atom is -0.494 e. The summed E-state index contributed by atoms with van der Waals surface area (Å²) in [5.74, 6) is 2.79. The molecule has 8 fully saturated rings. The van der Waals surface area contributed by atoms with Crippen LogP contribution in [0.4, 0.5) is 0 Å². The molecule has 0 amide bonds. The van der Waals surface area contributed by atoms with Crippen LogP contribution in [-0.2, 0) is 42.6 Å². The van der Waals surface area contributed by atoms with Gasteiger partial charge in [0.2, 0.25) is 0 Å². The Labute approximate surface area is 424 Å². The fraction of sp³-hybridized carbons (Fsp3) is 0.960. The molecule has 9 aliphatic rings. The summed E-state index contributed by atoms with van der Waals surface area (Å²) in [5.41, 5.74) is 1.14. The van der Waals surface area contributed by atoms with Gasteiger partial charge < -0.3 is 114 Å². The molecule has 5 aliphatic heterocycles. The minimum absolute atomic E-state index is 0.0411. The first-order valence-corrected chi connectivity index (χ1v) is 26.5. The maximum absolute atomic E-state index is 11.9. The van der Waals surface area contributed by atoms with Gasteiger partial charge >= 0.3 is 0 Å². The number of rotatable bonds is 15. The van der Waals surface area contributed by atoms with Crippen molar-refractivity contribution in [2.45, 2.75) is 221 Å². The molecule has 4 aliphatic carbocycles. The third-order valence-electron chi connectivity index (χ3n) is 19.1. The van der Waals surface area contributed by atoms with Crippen molar-refractivity contribution in [2.24, 2.45) is 46.3 Å². The normalized spacial score (nSPS) is 53.5. The lowest BCUT2D eigenvalue weighted by atomic mass is 9.44. The first-order valence-electron chi connectivity index (χ1n) is 26.5. The summed E-state index contributed by atoms with van der Waals surface area (Å²) in [4.78, 5) is 0. The predicted molar refractivity (Wildman–Crippen MR) is 246 cm³/mol. The van der Waals surface area contributed by atoms with Crippen LogP contribution in [-0.4, -0.2) is 240 Å². The largest absolute Gasteiger partial charge is 0.494 e. The Morgan fingerprint density at radius 1 is 0.603 bits per heavy atom. The van der Waals surface area contributed by atoms with Gasteiger partial charge in [-0.1, -0.05) is 20.8 Å². The van der Waals surface area contributed by atoms with Crippen LogP contribution in [0.1, 0.15) is 85.5 Å². The van der Waals surface area contributed by atoms with E-state index in [9.17, 15) is 71.5 Å². The van der Waals surface area contributed by atoms with Gasteiger partial charge in [-0.3, -0.25) is 0 Å². The standard InChI is InChI=1S/C50H82O23/c1-19(17-65-45-40(62)37(59)35(57)30(14-51)69-45)5-8-27-20(2)33-29(67-27)12-24-22-7-6-21-11-28(25(54)13-50(21,4)23(22)9-10-49(24,33)3)68-47-41(63)38(60)43(32(16-53)71-47)72-48-42(64)44(36(58)31(15-52)70-48)73-46-39(61)34(56)26(55)18-66-46/h19,21-26,28-48,51-64H,5-18H2,1-4H3. The van der Waals surface area contributed by atoms with E-state index in [0.29, 0.717) is 36.5 Å². The van der Waals surface area contributed by atoms with Crippen LogP contribution in [0.15, 0.2) is 11.3 Å². The highest BCUT2D eigenvalue weighted by molar-refractivity contribution is 5.27. The number of aliphatic hydroxyl groups is 14. The van der Waals surface area contributed by atoms with Gasteiger partial charge in [0.25, 0.3) is 0 Å². The molecule has 14 N–H and O–H groups in total. The number of aliphatic hydroxyl groups excluding tert-OH is 14. The second-order valence-electron chi connectivity index (χ2n) is 23.4. The van der Waals surface area contributed by atoms with Gasteiger partial charge in [-0.2, -0.15) is 0 Å². The Kier molecular flexibility index (Phi) is 17.3. The summed E-state index contributed by atoms with van der Waals surface area (Å²) >= 11 is 0. The smallest absolute Gasteiger partial charge is 0.187 e. The maximum Gasteiger partial charge on any atom is 0.187 e. The van der Waals surface area contributed by atoms with Crippen LogP contribution in [0, 0.1) is 46.3 Å². The van der Waals surface area contributed by atoms with Crippen molar-refractivity contribution in [2.75, 3.05) is 33.0 Å². The van der Waals surface area contributed by atoms with E-state index in [4.69, 9.17) is 42.6 Å². The Morgan fingerprint density at radius 2 is 1.23 bits per heavy atom. The van der Waals surface area contributed by atoms with Crippen molar-refractivity contribution in [1.29, 1.82) is 0 Å². The van der Waals surface area contributed by atoms with Gasteiger partial charge in [-0.15, -0.1) is 0 Å². The van der Waals surface area contributed by atoms with E-state index < -0.39 is 155 Å². The summed E-state index contributed by atoms with van der Waals surface area (Å²) in [5, 5.41) is 148. The van der Waals surface area contributed by atoms with Gasteiger partial charge in [0.1, 0.15) is 97.7 Å². The van der Waals surface area contributed by atoms with Crippen LogP contribution in [0.25, 0.3) is 0 Å². The Morgan fingerprint density at radius 3 is 1.95 bits per heavy atom. The molecule has 23 nitrogen and oxygen atoms in total. The number of allylic oxidation sites excluding steroid dienone is 1. The van der Waals surface area contributed by atoms with E-state index in [-0.39, 0.29) is 35.4 Å². The lowest BCUT2D eigenvalue weighted by Crippen LogP contribution is -2.66. The summed E-state index contributed by atoms with van der Waals surface area (Å²) in [6.45, 7) is 6.70. The number of fused-ring (bicyclic) bond motifs is 7. The fourth-order valence-corrected chi connectivity index (χ4v) is 15.0. The van der Waals surface area contributed by atoms with Crippen LogP contribution in [0.5, 0.6) is 0 Å². The van der Waals surface area contributed by atoms with Crippen molar-refractivity contribution >= 4 is 0 Å². The Bertz CT molecular complexity index is 1880. The minimum atomic E-state index is -1.89. The van der Waals surface area contributed by atoms with Crippen LogP contribution in [0.2, 0.25) is 0 Å². The van der Waals surface area contributed by atoms with E-state index in [1.807, 2.05) is 6.92 Å². The molecule has 30 unspecified atom stereocenters. The molecule has 5 heterocycles. The average Bonchev–Trinajstić information content (AvgIpc) is 3.85. The summed E-state index contributed by atoms with van der Waals surface area (Å²) in [7, 11) is 0. The molecule has 420 valence electrons. The van der Waals surface area contributed by atoms with E-state index in [1.54, 1.807) is 0 Å². The molecule has 0 aromatic rings. The number of ether oxygens (including phenoxy) is 9. The summed E-state index contributed by atoms with van der Waals surface area (Å²) < 4.78 is 52.9. The zero-order valence-corrected chi connectivity index (χ0v) is 42.0.